The second-order valence-corrected chi connectivity index (χ2v) is 7.91. The summed E-state index contributed by atoms with van der Waals surface area (Å²) in [6, 6.07) is 10.2. The van der Waals surface area contributed by atoms with E-state index in [2.05, 4.69) is 32.9 Å². The van der Waals surface area contributed by atoms with Gasteiger partial charge in [0.05, 0.1) is 18.9 Å². The van der Waals surface area contributed by atoms with Gasteiger partial charge in [0.2, 0.25) is 0 Å². The van der Waals surface area contributed by atoms with Gasteiger partial charge in [-0.1, -0.05) is 12.1 Å². The summed E-state index contributed by atoms with van der Waals surface area (Å²) in [5.41, 5.74) is 2.68. The molecule has 138 valence electrons. The van der Waals surface area contributed by atoms with Crippen LogP contribution in [0.15, 0.2) is 48.9 Å². The second kappa shape index (κ2) is 7.82. The van der Waals surface area contributed by atoms with Crippen LogP contribution in [-0.4, -0.2) is 59.6 Å². The summed E-state index contributed by atoms with van der Waals surface area (Å²) in [6.45, 7) is 7.05. The first-order valence-corrected chi connectivity index (χ1v) is 9.51. The lowest BCUT2D eigenvalue weighted by atomic mass is 9.77. The molecule has 2 fully saturated rings. The summed E-state index contributed by atoms with van der Waals surface area (Å²) in [5, 5.41) is 0. The Morgan fingerprint density at radius 3 is 2.96 bits per heavy atom. The number of hydrogen-bond acceptors (Lipinski definition) is 5. The van der Waals surface area contributed by atoms with Crippen molar-refractivity contribution in [3.63, 3.8) is 0 Å². The summed E-state index contributed by atoms with van der Waals surface area (Å²) < 4.78 is 6.07. The van der Waals surface area contributed by atoms with Gasteiger partial charge >= 0.3 is 0 Å². The van der Waals surface area contributed by atoms with Crippen molar-refractivity contribution in [2.24, 2.45) is 11.3 Å². The summed E-state index contributed by atoms with van der Waals surface area (Å²) in [5.74, 6) is 0.593. The normalized spacial score (nSPS) is 26.7. The highest BCUT2D eigenvalue weighted by atomic mass is 16.5. The molecule has 4 heterocycles. The van der Waals surface area contributed by atoms with Crippen molar-refractivity contribution in [3.8, 4) is 0 Å². The second-order valence-electron chi connectivity index (χ2n) is 7.91. The lowest BCUT2D eigenvalue weighted by molar-refractivity contribution is 0.0501. The quantitative estimate of drug-likeness (QED) is 0.799. The van der Waals surface area contributed by atoms with E-state index in [1.807, 2.05) is 42.9 Å². The zero-order valence-corrected chi connectivity index (χ0v) is 15.6. The van der Waals surface area contributed by atoms with E-state index in [0.717, 1.165) is 31.9 Å². The number of aromatic nitrogens is 2. The minimum absolute atomic E-state index is 0.362. The van der Waals surface area contributed by atoms with Crippen LogP contribution in [0.1, 0.15) is 17.7 Å². The van der Waals surface area contributed by atoms with Crippen molar-refractivity contribution in [2.45, 2.75) is 19.6 Å². The zero-order chi connectivity index (χ0) is 17.8. The van der Waals surface area contributed by atoms with E-state index in [4.69, 9.17) is 4.74 Å². The SMILES string of the molecule is CN1C[C@@H](COCc2ccccn2)[C@]2(CCN(Cc3cccnc3)C2)C1. The van der Waals surface area contributed by atoms with Gasteiger partial charge < -0.3 is 9.64 Å². The topological polar surface area (TPSA) is 41.5 Å². The first-order chi connectivity index (χ1) is 12.7. The van der Waals surface area contributed by atoms with E-state index in [-0.39, 0.29) is 0 Å². The summed E-state index contributed by atoms with van der Waals surface area (Å²) >= 11 is 0. The number of nitrogens with zero attached hydrogens (tertiary/aromatic N) is 4. The van der Waals surface area contributed by atoms with Gasteiger partial charge in [-0.25, -0.2) is 0 Å². The third-order valence-electron chi connectivity index (χ3n) is 5.87. The average molecular weight is 352 g/mol. The van der Waals surface area contributed by atoms with Gasteiger partial charge in [-0.3, -0.25) is 14.9 Å². The molecule has 26 heavy (non-hydrogen) atoms. The fourth-order valence-corrected chi connectivity index (χ4v) is 4.65. The lowest BCUT2D eigenvalue weighted by Crippen LogP contribution is -2.36. The Kier molecular flexibility index (Phi) is 5.29. The molecule has 5 heteroatoms. The van der Waals surface area contributed by atoms with Crippen LogP contribution in [0, 0.1) is 11.3 Å². The molecule has 0 N–H and O–H groups in total. The van der Waals surface area contributed by atoms with E-state index >= 15 is 0 Å². The molecule has 5 nitrogen and oxygen atoms in total. The average Bonchev–Trinajstić information content (AvgIpc) is 3.20. The Hall–Kier alpha value is -1.82. The zero-order valence-electron chi connectivity index (χ0n) is 15.6. The number of ether oxygens (including phenoxy) is 1. The molecule has 0 aliphatic carbocycles. The van der Waals surface area contributed by atoms with Crippen molar-refractivity contribution in [2.75, 3.05) is 39.8 Å². The highest BCUT2D eigenvalue weighted by molar-refractivity contribution is 5.10. The van der Waals surface area contributed by atoms with Crippen molar-refractivity contribution in [1.82, 2.24) is 19.8 Å². The highest BCUT2D eigenvalue weighted by Crippen LogP contribution is 2.43. The molecule has 2 aliphatic rings. The van der Waals surface area contributed by atoms with Gasteiger partial charge in [-0.2, -0.15) is 0 Å². The lowest BCUT2D eigenvalue weighted by Gasteiger charge is -2.30. The molecule has 0 bridgehead atoms. The van der Waals surface area contributed by atoms with Crippen molar-refractivity contribution >= 4 is 0 Å². The summed E-state index contributed by atoms with van der Waals surface area (Å²) in [6.07, 6.45) is 6.92. The van der Waals surface area contributed by atoms with Crippen LogP contribution in [-0.2, 0) is 17.9 Å². The van der Waals surface area contributed by atoms with Crippen molar-refractivity contribution < 1.29 is 4.74 Å². The Labute approximate surface area is 156 Å². The molecule has 2 aromatic heterocycles. The standard InChI is InChI=1S/C21H28N4O/c1-24-13-19(14-26-15-20-6-2-3-9-23-20)21(16-24)7-10-25(17-21)12-18-5-4-8-22-11-18/h2-6,8-9,11,19H,7,10,12-17H2,1H3/t19-,21+/m0/s1. The van der Waals surface area contributed by atoms with Gasteiger partial charge in [0.15, 0.2) is 0 Å². The number of pyridine rings is 2. The third kappa shape index (κ3) is 3.95. The predicted molar refractivity (Wildman–Crippen MR) is 101 cm³/mol. The number of hydrogen-bond donors (Lipinski definition) is 0. The van der Waals surface area contributed by atoms with Gasteiger partial charge in [0.25, 0.3) is 0 Å². The smallest absolute Gasteiger partial charge is 0.0887 e. The van der Waals surface area contributed by atoms with E-state index in [9.17, 15) is 0 Å². The molecule has 2 saturated heterocycles. The van der Waals surface area contributed by atoms with Gasteiger partial charge in [-0.15, -0.1) is 0 Å². The van der Waals surface area contributed by atoms with Crippen LogP contribution in [0.5, 0.6) is 0 Å². The number of likely N-dealkylation sites (tertiary alicyclic amines) is 2. The van der Waals surface area contributed by atoms with E-state index in [0.29, 0.717) is 17.9 Å². The maximum absolute atomic E-state index is 6.07. The molecule has 4 rings (SSSR count). The first kappa shape index (κ1) is 17.6. The molecule has 1 spiro atoms. The van der Waals surface area contributed by atoms with Crippen LogP contribution in [0.3, 0.4) is 0 Å². The van der Waals surface area contributed by atoms with Crippen LogP contribution in [0.2, 0.25) is 0 Å². The number of rotatable bonds is 6. The Bertz CT molecular complexity index is 696. The van der Waals surface area contributed by atoms with E-state index in [1.165, 1.54) is 25.1 Å². The molecule has 2 aliphatic heterocycles. The van der Waals surface area contributed by atoms with Crippen molar-refractivity contribution in [1.29, 1.82) is 0 Å². The minimum Gasteiger partial charge on any atom is -0.375 e. The maximum atomic E-state index is 6.07. The molecular weight excluding hydrogens is 324 g/mol. The van der Waals surface area contributed by atoms with E-state index < -0.39 is 0 Å². The van der Waals surface area contributed by atoms with Crippen molar-refractivity contribution in [3.05, 3.63) is 60.2 Å². The molecule has 0 aromatic carbocycles. The molecule has 0 amide bonds. The molecular formula is C21H28N4O. The Morgan fingerprint density at radius 1 is 1.19 bits per heavy atom. The largest absolute Gasteiger partial charge is 0.375 e. The van der Waals surface area contributed by atoms with Crippen LogP contribution in [0.4, 0.5) is 0 Å². The van der Waals surface area contributed by atoms with Crippen LogP contribution in [0.25, 0.3) is 0 Å². The molecule has 0 unspecified atom stereocenters. The van der Waals surface area contributed by atoms with Gasteiger partial charge in [-0.05, 0) is 43.8 Å². The monoisotopic (exact) mass is 352 g/mol. The van der Waals surface area contributed by atoms with E-state index in [1.54, 1.807) is 0 Å². The Balaban J connectivity index is 1.35. The van der Waals surface area contributed by atoms with Gasteiger partial charge in [0.1, 0.15) is 0 Å². The molecule has 0 saturated carbocycles. The Morgan fingerprint density at radius 2 is 2.15 bits per heavy atom. The first-order valence-electron chi connectivity index (χ1n) is 9.51. The molecule has 2 atom stereocenters. The summed E-state index contributed by atoms with van der Waals surface area (Å²) in [7, 11) is 2.24. The minimum atomic E-state index is 0.362. The third-order valence-corrected chi connectivity index (χ3v) is 5.87. The maximum Gasteiger partial charge on any atom is 0.0887 e. The summed E-state index contributed by atoms with van der Waals surface area (Å²) in [4.78, 5) is 13.7. The fourth-order valence-electron chi connectivity index (χ4n) is 4.65. The molecule has 0 radical (unpaired) electrons. The van der Waals surface area contributed by atoms with Crippen LogP contribution < -0.4 is 0 Å². The van der Waals surface area contributed by atoms with Crippen LogP contribution >= 0.6 is 0 Å². The highest BCUT2D eigenvalue weighted by Gasteiger charge is 2.49. The fraction of sp³-hybridized carbons (Fsp3) is 0.524. The predicted octanol–water partition coefficient (Wildman–Crippen LogP) is 2.45. The molecule has 2 aromatic rings. The van der Waals surface area contributed by atoms with Gasteiger partial charge in [0, 0.05) is 56.1 Å².